The topological polar surface area (TPSA) is 78.4 Å². The number of hydrogen-bond acceptors (Lipinski definition) is 5. The lowest BCUT2D eigenvalue weighted by atomic mass is 10.1. The van der Waals surface area contributed by atoms with Crippen molar-refractivity contribution in [3.63, 3.8) is 0 Å². The molecule has 1 atom stereocenters. The van der Waals surface area contributed by atoms with E-state index in [0.717, 1.165) is 12.0 Å². The van der Waals surface area contributed by atoms with Crippen molar-refractivity contribution < 1.29 is 9.90 Å². The molecule has 0 aromatic carbocycles. The average Bonchev–Trinajstić information content (AvgIpc) is 2.34. The lowest BCUT2D eigenvalue weighted by Crippen LogP contribution is -2.36. The molecule has 100 valence electrons. The Balaban J connectivity index is 2.54. The standard InChI is InChI=1S/C12H20N4O2/c1-4-5-10(11(17)18)13-6-9-7-14-12(15-8-9)16(2)3/h7-8,10,13H,4-6H2,1-3H3,(H,17,18)/t10-/m0/s1. The molecule has 18 heavy (non-hydrogen) atoms. The van der Waals surface area contributed by atoms with Crippen molar-refractivity contribution in [1.29, 1.82) is 0 Å². The summed E-state index contributed by atoms with van der Waals surface area (Å²) < 4.78 is 0. The molecule has 2 N–H and O–H groups in total. The van der Waals surface area contributed by atoms with Crippen LogP contribution in [0.25, 0.3) is 0 Å². The summed E-state index contributed by atoms with van der Waals surface area (Å²) in [6.45, 7) is 2.43. The highest BCUT2D eigenvalue weighted by Gasteiger charge is 2.15. The zero-order chi connectivity index (χ0) is 13.5. The van der Waals surface area contributed by atoms with E-state index in [2.05, 4.69) is 15.3 Å². The number of rotatable bonds is 7. The van der Waals surface area contributed by atoms with E-state index in [4.69, 9.17) is 5.11 Å². The molecular formula is C12H20N4O2. The Kier molecular flexibility index (Phi) is 5.51. The summed E-state index contributed by atoms with van der Waals surface area (Å²) in [6.07, 6.45) is 4.87. The molecule has 0 fully saturated rings. The number of carboxylic acids is 1. The summed E-state index contributed by atoms with van der Waals surface area (Å²) in [7, 11) is 3.74. The van der Waals surface area contributed by atoms with Gasteiger partial charge in [0.15, 0.2) is 0 Å². The number of hydrogen-bond donors (Lipinski definition) is 2. The summed E-state index contributed by atoms with van der Waals surface area (Å²) in [4.78, 5) is 21.1. The highest BCUT2D eigenvalue weighted by atomic mass is 16.4. The van der Waals surface area contributed by atoms with Gasteiger partial charge in [0.1, 0.15) is 6.04 Å². The van der Waals surface area contributed by atoms with Crippen molar-refractivity contribution >= 4 is 11.9 Å². The number of nitrogens with one attached hydrogen (secondary N) is 1. The van der Waals surface area contributed by atoms with Crippen molar-refractivity contribution in [1.82, 2.24) is 15.3 Å². The van der Waals surface area contributed by atoms with Gasteiger partial charge < -0.3 is 15.3 Å². The molecular weight excluding hydrogens is 232 g/mol. The third-order valence-electron chi connectivity index (χ3n) is 2.52. The second kappa shape index (κ2) is 6.90. The molecule has 0 aliphatic heterocycles. The van der Waals surface area contributed by atoms with E-state index in [1.54, 1.807) is 12.4 Å². The fraction of sp³-hybridized carbons (Fsp3) is 0.583. The minimum absolute atomic E-state index is 0.463. The molecule has 1 aromatic heterocycles. The van der Waals surface area contributed by atoms with Crippen LogP contribution in [0.4, 0.5) is 5.95 Å². The molecule has 0 bridgehead atoms. The Hall–Kier alpha value is -1.69. The van der Waals surface area contributed by atoms with E-state index in [1.165, 1.54) is 0 Å². The minimum atomic E-state index is -0.817. The Morgan fingerprint density at radius 3 is 2.50 bits per heavy atom. The Morgan fingerprint density at radius 1 is 1.44 bits per heavy atom. The van der Waals surface area contributed by atoms with Crippen LogP contribution in [0.1, 0.15) is 25.3 Å². The Bertz CT molecular complexity index is 378. The summed E-state index contributed by atoms with van der Waals surface area (Å²) in [5.41, 5.74) is 0.878. The number of nitrogens with zero attached hydrogens (tertiary/aromatic N) is 3. The maximum atomic E-state index is 11.0. The molecule has 0 amide bonds. The molecule has 1 rings (SSSR count). The molecule has 0 aliphatic rings. The third-order valence-corrected chi connectivity index (χ3v) is 2.52. The Labute approximate surface area is 107 Å². The largest absolute Gasteiger partial charge is 0.480 e. The van der Waals surface area contributed by atoms with Crippen LogP contribution < -0.4 is 10.2 Å². The van der Waals surface area contributed by atoms with Gasteiger partial charge in [-0.05, 0) is 6.42 Å². The van der Waals surface area contributed by atoms with Gasteiger partial charge in [0, 0.05) is 38.6 Å². The van der Waals surface area contributed by atoms with Crippen molar-refractivity contribution in [2.45, 2.75) is 32.4 Å². The van der Waals surface area contributed by atoms with Gasteiger partial charge in [0.2, 0.25) is 5.95 Å². The minimum Gasteiger partial charge on any atom is -0.480 e. The first-order valence-corrected chi connectivity index (χ1v) is 5.99. The van der Waals surface area contributed by atoms with Gasteiger partial charge in [-0.3, -0.25) is 4.79 Å². The van der Waals surface area contributed by atoms with Crippen LogP contribution in [0.2, 0.25) is 0 Å². The second-order valence-electron chi connectivity index (χ2n) is 4.35. The second-order valence-corrected chi connectivity index (χ2v) is 4.35. The predicted octanol–water partition coefficient (Wildman–Crippen LogP) is 0.885. The van der Waals surface area contributed by atoms with Crippen LogP contribution in [-0.4, -0.2) is 41.2 Å². The lowest BCUT2D eigenvalue weighted by Gasteiger charge is -2.14. The fourth-order valence-electron chi connectivity index (χ4n) is 1.51. The first-order valence-electron chi connectivity index (χ1n) is 5.99. The van der Waals surface area contributed by atoms with Gasteiger partial charge in [0.05, 0.1) is 0 Å². The van der Waals surface area contributed by atoms with E-state index in [9.17, 15) is 4.79 Å². The molecule has 0 unspecified atom stereocenters. The highest BCUT2D eigenvalue weighted by Crippen LogP contribution is 2.04. The molecule has 0 radical (unpaired) electrons. The van der Waals surface area contributed by atoms with Crippen molar-refractivity contribution in [3.05, 3.63) is 18.0 Å². The van der Waals surface area contributed by atoms with E-state index in [0.29, 0.717) is 18.9 Å². The SMILES string of the molecule is CCC[C@H](NCc1cnc(N(C)C)nc1)C(=O)O. The van der Waals surface area contributed by atoms with E-state index < -0.39 is 12.0 Å². The van der Waals surface area contributed by atoms with Gasteiger partial charge >= 0.3 is 5.97 Å². The summed E-state index contributed by atoms with van der Waals surface area (Å²) in [6, 6.07) is -0.511. The van der Waals surface area contributed by atoms with Gasteiger partial charge in [-0.25, -0.2) is 9.97 Å². The van der Waals surface area contributed by atoms with Crippen LogP contribution in [0.15, 0.2) is 12.4 Å². The van der Waals surface area contributed by atoms with Crippen molar-refractivity contribution in [3.8, 4) is 0 Å². The number of carbonyl (C=O) groups is 1. The molecule has 6 nitrogen and oxygen atoms in total. The number of aromatic nitrogens is 2. The lowest BCUT2D eigenvalue weighted by molar-refractivity contribution is -0.139. The fourth-order valence-corrected chi connectivity index (χ4v) is 1.51. The maximum absolute atomic E-state index is 11.0. The number of carboxylic acid groups (broad SMARTS) is 1. The number of anilines is 1. The van der Waals surface area contributed by atoms with Crippen molar-refractivity contribution in [2.24, 2.45) is 0 Å². The molecule has 0 saturated carbocycles. The third kappa shape index (κ3) is 4.29. The molecule has 6 heteroatoms. The van der Waals surface area contributed by atoms with E-state index >= 15 is 0 Å². The van der Waals surface area contributed by atoms with Crippen LogP contribution in [0, 0.1) is 0 Å². The average molecular weight is 252 g/mol. The van der Waals surface area contributed by atoms with Gasteiger partial charge in [-0.15, -0.1) is 0 Å². The summed E-state index contributed by atoms with van der Waals surface area (Å²) in [5, 5.41) is 12.0. The molecule has 1 aromatic rings. The smallest absolute Gasteiger partial charge is 0.320 e. The summed E-state index contributed by atoms with van der Waals surface area (Å²) >= 11 is 0. The highest BCUT2D eigenvalue weighted by molar-refractivity contribution is 5.73. The van der Waals surface area contributed by atoms with Gasteiger partial charge in [-0.2, -0.15) is 0 Å². The molecule has 1 heterocycles. The van der Waals surface area contributed by atoms with Crippen LogP contribution in [0.3, 0.4) is 0 Å². The first kappa shape index (κ1) is 14.4. The zero-order valence-corrected chi connectivity index (χ0v) is 11.1. The zero-order valence-electron chi connectivity index (χ0n) is 11.1. The van der Waals surface area contributed by atoms with Gasteiger partial charge in [-0.1, -0.05) is 13.3 Å². The van der Waals surface area contributed by atoms with Crippen molar-refractivity contribution in [2.75, 3.05) is 19.0 Å². The maximum Gasteiger partial charge on any atom is 0.320 e. The first-order chi connectivity index (χ1) is 8.54. The van der Waals surface area contributed by atoms with Crippen LogP contribution >= 0.6 is 0 Å². The van der Waals surface area contributed by atoms with Crippen LogP contribution in [-0.2, 0) is 11.3 Å². The molecule has 0 saturated heterocycles. The number of aliphatic carboxylic acids is 1. The van der Waals surface area contributed by atoms with E-state index in [1.807, 2.05) is 25.9 Å². The monoisotopic (exact) mass is 252 g/mol. The van der Waals surface area contributed by atoms with E-state index in [-0.39, 0.29) is 0 Å². The normalized spacial score (nSPS) is 12.2. The summed E-state index contributed by atoms with van der Waals surface area (Å²) in [5.74, 6) is -0.176. The van der Waals surface area contributed by atoms with Crippen LogP contribution in [0.5, 0.6) is 0 Å². The Morgan fingerprint density at radius 2 is 2.06 bits per heavy atom. The quantitative estimate of drug-likeness (QED) is 0.750. The molecule has 0 spiro atoms. The van der Waals surface area contributed by atoms with Gasteiger partial charge in [0.25, 0.3) is 0 Å². The predicted molar refractivity (Wildman–Crippen MR) is 69.5 cm³/mol. The molecule has 0 aliphatic carbocycles.